The molecule has 2 aromatic rings. The number of aliphatic imine (C=N–C) groups is 1. The van der Waals surface area contributed by atoms with Crippen molar-refractivity contribution in [1.82, 2.24) is 0 Å². The van der Waals surface area contributed by atoms with E-state index in [1.807, 2.05) is 43.3 Å². The second-order valence-electron chi connectivity index (χ2n) is 3.71. The second-order valence-corrected chi connectivity index (χ2v) is 3.71. The minimum atomic E-state index is 0.601. The van der Waals surface area contributed by atoms with Gasteiger partial charge in [-0.25, -0.2) is 4.79 Å². The molecule has 2 aromatic carbocycles. The van der Waals surface area contributed by atoms with Crippen molar-refractivity contribution in [1.29, 1.82) is 0 Å². The summed E-state index contributed by atoms with van der Waals surface area (Å²) in [7, 11) is 0. The Morgan fingerprint density at radius 2 is 1.67 bits per heavy atom. The molecule has 0 heterocycles. The van der Waals surface area contributed by atoms with E-state index in [9.17, 15) is 4.79 Å². The first-order chi connectivity index (χ1) is 8.79. The minimum Gasteiger partial charge on any atom is -0.211 e. The molecule has 0 aromatic heterocycles. The fraction of sp³-hybridized carbons (Fsp3) is 0.0714. The third-order valence-electron chi connectivity index (χ3n) is 2.38. The first kappa shape index (κ1) is 11.9. The molecule has 0 fully saturated rings. The molecule has 0 bridgehead atoms. The molecule has 2 rings (SSSR count). The molecule has 0 aliphatic carbocycles. The molecule has 0 amide bonds. The lowest BCUT2D eigenvalue weighted by Crippen LogP contribution is -1.73. The highest BCUT2D eigenvalue weighted by atomic mass is 16.1. The largest absolute Gasteiger partial charge is 0.240 e. The number of aryl methyl sites for hydroxylation is 1. The van der Waals surface area contributed by atoms with Gasteiger partial charge in [0.15, 0.2) is 0 Å². The molecule has 0 aliphatic heterocycles. The zero-order chi connectivity index (χ0) is 12.8. The SMILES string of the molecule is Cc1cc(N=Nc2ccccc2)ccc1N=C=O. The summed E-state index contributed by atoms with van der Waals surface area (Å²) >= 11 is 0. The van der Waals surface area contributed by atoms with Gasteiger partial charge in [-0.2, -0.15) is 15.2 Å². The van der Waals surface area contributed by atoms with E-state index in [2.05, 4.69) is 15.2 Å². The van der Waals surface area contributed by atoms with Crippen molar-refractivity contribution in [2.45, 2.75) is 6.92 Å². The second kappa shape index (κ2) is 5.66. The summed E-state index contributed by atoms with van der Waals surface area (Å²) in [5, 5.41) is 8.23. The lowest BCUT2D eigenvalue weighted by Gasteiger charge is -1.98. The molecule has 0 N–H and O–H groups in total. The van der Waals surface area contributed by atoms with Crippen LogP contribution in [0.15, 0.2) is 63.8 Å². The van der Waals surface area contributed by atoms with Crippen LogP contribution in [0.4, 0.5) is 17.1 Å². The molecule has 0 radical (unpaired) electrons. The van der Waals surface area contributed by atoms with Crippen LogP contribution in [0.25, 0.3) is 0 Å². The van der Waals surface area contributed by atoms with E-state index in [-0.39, 0.29) is 0 Å². The van der Waals surface area contributed by atoms with Gasteiger partial charge >= 0.3 is 0 Å². The normalized spacial score (nSPS) is 10.3. The Bertz CT molecular complexity index is 614. The average Bonchev–Trinajstić information content (AvgIpc) is 2.41. The number of azo groups is 1. The maximum absolute atomic E-state index is 10.2. The molecule has 0 unspecified atom stereocenters. The summed E-state index contributed by atoms with van der Waals surface area (Å²) in [6, 6.07) is 14.8. The predicted molar refractivity (Wildman–Crippen MR) is 69.6 cm³/mol. The van der Waals surface area contributed by atoms with Crippen molar-refractivity contribution >= 4 is 23.1 Å². The predicted octanol–water partition coefficient (Wildman–Crippen LogP) is 4.38. The number of carbonyl (C=O) groups excluding carboxylic acids is 1. The van der Waals surface area contributed by atoms with Crippen LogP contribution < -0.4 is 0 Å². The van der Waals surface area contributed by atoms with Crippen LogP contribution in [-0.4, -0.2) is 6.08 Å². The fourth-order valence-electron chi connectivity index (χ4n) is 1.49. The van der Waals surface area contributed by atoms with Gasteiger partial charge in [-0.3, -0.25) is 0 Å². The first-order valence-electron chi connectivity index (χ1n) is 5.45. The fourth-order valence-corrected chi connectivity index (χ4v) is 1.49. The smallest absolute Gasteiger partial charge is 0.211 e. The van der Waals surface area contributed by atoms with Crippen molar-refractivity contribution in [2.75, 3.05) is 0 Å². The molecule has 0 saturated heterocycles. The molecule has 0 spiro atoms. The van der Waals surface area contributed by atoms with E-state index < -0.39 is 0 Å². The number of isocyanates is 1. The summed E-state index contributed by atoms with van der Waals surface area (Å²) in [6.45, 7) is 1.86. The van der Waals surface area contributed by atoms with Crippen molar-refractivity contribution < 1.29 is 4.79 Å². The molecular formula is C14H11N3O. The molecule has 0 aliphatic rings. The summed E-state index contributed by atoms with van der Waals surface area (Å²) in [5.74, 6) is 0. The van der Waals surface area contributed by atoms with E-state index in [0.29, 0.717) is 5.69 Å². The molecular weight excluding hydrogens is 226 g/mol. The Labute approximate surface area is 105 Å². The monoisotopic (exact) mass is 237 g/mol. The van der Waals surface area contributed by atoms with Gasteiger partial charge in [-0.05, 0) is 42.8 Å². The molecule has 0 saturated carbocycles. The topological polar surface area (TPSA) is 54.1 Å². The zero-order valence-electron chi connectivity index (χ0n) is 9.87. The maximum atomic E-state index is 10.2. The highest BCUT2D eigenvalue weighted by Gasteiger charge is 1.98. The molecule has 4 heteroatoms. The maximum Gasteiger partial charge on any atom is 0.240 e. The molecule has 0 atom stereocenters. The van der Waals surface area contributed by atoms with E-state index >= 15 is 0 Å². The number of hydrogen-bond donors (Lipinski definition) is 0. The molecule has 18 heavy (non-hydrogen) atoms. The van der Waals surface area contributed by atoms with Gasteiger partial charge in [0, 0.05) is 0 Å². The highest BCUT2D eigenvalue weighted by Crippen LogP contribution is 2.25. The minimum absolute atomic E-state index is 0.601. The summed E-state index contributed by atoms with van der Waals surface area (Å²) in [4.78, 5) is 13.8. The Kier molecular flexibility index (Phi) is 3.74. The van der Waals surface area contributed by atoms with Crippen LogP contribution in [0.5, 0.6) is 0 Å². The Balaban J connectivity index is 2.23. The third kappa shape index (κ3) is 2.97. The van der Waals surface area contributed by atoms with Gasteiger partial charge in [0.2, 0.25) is 6.08 Å². The van der Waals surface area contributed by atoms with Crippen molar-refractivity contribution in [3.63, 3.8) is 0 Å². The summed E-state index contributed by atoms with van der Waals surface area (Å²) in [6.07, 6.45) is 1.52. The van der Waals surface area contributed by atoms with E-state index in [0.717, 1.165) is 16.9 Å². The standard InChI is InChI=1S/C14H11N3O/c1-11-9-13(7-8-14(11)15-10-18)17-16-12-5-3-2-4-6-12/h2-9H,1H3. The number of hydrogen-bond acceptors (Lipinski definition) is 4. The molecule has 88 valence electrons. The van der Waals surface area contributed by atoms with Crippen LogP contribution in [0.2, 0.25) is 0 Å². The van der Waals surface area contributed by atoms with E-state index in [4.69, 9.17) is 0 Å². The number of benzene rings is 2. The quantitative estimate of drug-likeness (QED) is 0.444. The van der Waals surface area contributed by atoms with Crippen LogP contribution >= 0.6 is 0 Å². The van der Waals surface area contributed by atoms with E-state index in [1.165, 1.54) is 6.08 Å². The van der Waals surface area contributed by atoms with Gasteiger partial charge in [0.05, 0.1) is 17.1 Å². The van der Waals surface area contributed by atoms with Crippen LogP contribution in [0.3, 0.4) is 0 Å². The Morgan fingerprint density at radius 3 is 2.33 bits per heavy atom. The van der Waals surface area contributed by atoms with Crippen molar-refractivity contribution in [3.8, 4) is 0 Å². The van der Waals surface area contributed by atoms with Gasteiger partial charge < -0.3 is 0 Å². The van der Waals surface area contributed by atoms with Gasteiger partial charge in [-0.1, -0.05) is 18.2 Å². The van der Waals surface area contributed by atoms with Crippen molar-refractivity contribution in [3.05, 3.63) is 54.1 Å². The van der Waals surface area contributed by atoms with Gasteiger partial charge in [0.25, 0.3) is 0 Å². The van der Waals surface area contributed by atoms with E-state index in [1.54, 1.807) is 12.1 Å². The zero-order valence-corrected chi connectivity index (χ0v) is 9.87. The number of nitrogens with zero attached hydrogens (tertiary/aromatic N) is 3. The summed E-state index contributed by atoms with van der Waals surface area (Å²) < 4.78 is 0. The number of rotatable bonds is 3. The third-order valence-corrected chi connectivity index (χ3v) is 2.38. The average molecular weight is 237 g/mol. The lowest BCUT2D eigenvalue weighted by atomic mass is 10.2. The molecule has 4 nitrogen and oxygen atoms in total. The Hall–Kier alpha value is -2.58. The highest BCUT2D eigenvalue weighted by molar-refractivity contribution is 5.58. The van der Waals surface area contributed by atoms with Gasteiger partial charge in [-0.15, -0.1) is 0 Å². The van der Waals surface area contributed by atoms with Crippen molar-refractivity contribution in [2.24, 2.45) is 15.2 Å². The first-order valence-corrected chi connectivity index (χ1v) is 5.45. The van der Waals surface area contributed by atoms with Crippen LogP contribution in [0.1, 0.15) is 5.56 Å². The lowest BCUT2D eigenvalue weighted by molar-refractivity contribution is 0.565. The van der Waals surface area contributed by atoms with Crippen LogP contribution in [-0.2, 0) is 4.79 Å². The Morgan fingerprint density at radius 1 is 0.944 bits per heavy atom. The van der Waals surface area contributed by atoms with Crippen LogP contribution in [0, 0.1) is 6.92 Å². The summed E-state index contributed by atoms with van der Waals surface area (Å²) in [5.41, 5.74) is 2.98. The van der Waals surface area contributed by atoms with Gasteiger partial charge in [0.1, 0.15) is 0 Å².